The van der Waals surface area contributed by atoms with Crippen molar-refractivity contribution < 1.29 is 14.3 Å². The monoisotopic (exact) mass is 351 g/mol. The molecule has 1 aliphatic rings. The number of carbonyl (C=O) groups is 2. The molecule has 1 amide bonds. The van der Waals surface area contributed by atoms with Crippen LogP contribution in [-0.2, 0) is 4.79 Å². The molecule has 0 aromatic heterocycles. The van der Waals surface area contributed by atoms with E-state index in [1.807, 2.05) is 47.4 Å². The van der Waals surface area contributed by atoms with Crippen molar-refractivity contribution in [3.8, 4) is 5.75 Å². The van der Waals surface area contributed by atoms with E-state index in [4.69, 9.17) is 4.74 Å². The van der Waals surface area contributed by atoms with Crippen LogP contribution in [0.3, 0.4) is 0 Å². The van der Waals surface area contributed by atoms with Crippen molar-refractivity contribution in [2.24, 2.45) is 0 Å². The molecule has 0 bridgehead atoms. The molecule has 1 aliphatic heterocycles. The van der Waals surface area contributed by atoms with E-state index < -0.39 is 5.92 Å². The molecule has 2 aromatic carbocycles. The molecule has 0 spiro atoms. The zero-order valence-electron chi connectivity index (χ0n) is 15.2. The van der Waals surface area contributed by atoms with Gasteiger partial charge in [0, 0.05) is 25.1 Å². The maximum absolute atomic E-state index is 13.2. The first-order chi connectivity index (χ1) is 12.7. The van der Waals surface area contributed by atoms with Gasteiger partial charge in [-0.05, 0) is 37.0 Å². The van der Waals surface area contributed by atoms with Crippen LogP contribution < -0.4 is 4.74 Å². The summed E-state index contributed by atoms with van der Waals surface area (Å²) in [5.41, 5.74) is 1.52. The minimum atomic E-state index is -0.452. The summed E-state index contributed by atoms with van der Waals surface area (Å²) in [5, 5.41) is 0. The number of rotatable bonds is 6. The summed E-state index contributed by atoms with van der Waals surface area (Å²) in [4.78, 5) is 27.8. The Kier molecular flexibility index (Phi) is 6.05. The Morgan fingerprint density at radius 3 is 2.23 bits per heavy atom. The Morgan fingerprint density at radius 2 is 1.62 bits per heavy atom. The normalized spacial score (nSPS) is 15.3. The number of piperidine rings is 1. The second-order valence-electron chi connectivity index (χ2n) is 6.71. The standard InChI is InChI=1S/C22H25NO3/c1-26-19-12-10-17(11-13-19)20(22(25)23-14-6-3-7-15-23)16-21(24)18-8-4-2-5-9-18/h2,4-5,8-13,20H,3,6-7,14-16H2,1H3. The van der Waals surface area contributed by atoms with E-state index in [0.29, 0.717) is 5.56 Å². The summed E-state index contributed by atoms with van der Waals surface area (Å²) in [5.74, 6) is 0.343. The van der Waals surface area contributed by atoms with E-state index in [0.717, 1.165) is 37.2 Å². The van der Waals surface area contributed by atoms with Gasteiger partial charge < -0.3 is 9.64 Å². The molecule has 0 radical (unpaired) electrons. The lowest BCUT2D eigenvalue weighted by molar-refractivity contribution is -0.133. The first-order valence-electron chi connectivity index (χ1n) is 9.20. The summed E-state index contributed by atoms with van der Waals surface area (Å²) in [7, 11) is 1.62. The van der Waals surface area contributed by atoms with Crippen LogP contribution in [0.2, 0.25) is 0 Å². The molecule has 1 atom stereocenters. The fraction of sp³-hybridized carbons (Fsp3) is 0.364. The summed E-state index contributed by atoms with van der Waals surface area (Å²) < 4.78 is 5.21. The number of ether oxygens (including phenoxy) is 1. The van der Waals surface area contributed by atoms with Gasteiger partial charge in [-0.2, -0.15) is 0 Å². The number of methoxy groups -OCH3 is 1. The molecule has 2 aromatic rings. The molecular weight excluding hydrogens is 326 g/mol. The number of amides is 1. The number of ketones is 1. The molecule has 1 heterocycles. The Morgan fingerprint density at radius 1 is 0.962 bits per heavy atom. The third-order valence-electron chi connectivity index (χ3n) is 4.97. The van der Waals surface area contributed by atoms with Gasteiger partial charge in [-0.3, -0.25) is 9.59 Å². The van der Waals surface area contributed by atoms with E-state index in [1.54, 1.807) is 19.2 Å². The van der Waals surface area contributed by atoms with Gasteiger partial charge in [-0.15, -0.1) is 0 Å². The van der Waals surface area contributed by atoms with Crippen molar-refractivity contribution >= 4 is 11.7 Å². The van der Waals surface area contributed by atoms with Crippen LogP contribution in [0, 0.1) is 0 Å². The van der Waals surface area contributed by atoms with Crippen molar-refractivity contribution in [1.82, 2.24) is 4.90 Å². The third kappa shape index (κ3) is 4.31. The number of likely N-dealkylation sites (tertiary alicyclic amines) is 1. The van der Waals surface area contributed by atoms with E-state index in [1.165, 1.54) is 6.42 Å². The van der Waals surface area contributed by atoms with Crippen LogP contribution in [0.25, 0.3) is 0 Å². The van der Waals surface area contributed by atoms with Gasteiger partial charge in [-0.1, -0.05) is 42.5 Å². The number of benzene rings is 2. The van der Waals surface area contributed by atoms with Gasteiger partial charge in [0.1, 0.15) is 5.75 Å². The molecule has 3 rings (SSSR count). The van der Waals surface area contributed by atoms with Gasteiger partial charge in [0.15, 0.2) is 5.78 Å². The zero-order chi connectivity index (χ0) is 18.4. The maximum atomic E-state index is 13.2. The van der Waals surface area contributed by atoms with Gasteiger partial charge >= 0.3 is 0 Å². The van der Waals surface area contributed by atoms with Crippen LogP contribution in [0.1, 0.15) is 47.5 Å². The molecule has 1 unspecified atom stereocenters. The lowest BCUT2D eigenvalue weighted by Gasteiger charge is -2.30. The van der Waals surface area contributed by atoms with Gasteiger partial charge in [0.2, 0.25) is 5.91 Å². The van der Waals surface area contributed by atoms with Crippen molar-refractivity contribution in [3.63, 3.8) is 0 Å². The first-order valence-corrected chi connectivity index (χ1v) is 9.20. The van der Waals surface area contributed by atoms with Crippen LogP contribution in [0.4, 0.5) is 0 Å². The minimum Gasteiger partial charge on any atom is -0.497 e. The van der Waals surface area contributed by atoms with Crippen LogP contribution in [0.5, 0.6) is 5.75 Å². The zero-order valence-corrected chi connectivity index (χ0v) is 15.2. The molecule has 1 fully saturated rings. The predicted molar refractivity (Wildman–Crippen MR) is 102 cm³/mol. The fourth-order valence-electron chi connectivity index (χ4n) is 3.45. The lowest BCUT2D eigenvalue weighted by Crippen LogP contribution is -2.39. The molecule has 0 saturated carbocycles. The quantitative estimate of drug-likeness (QED) is 0.737. The summed E-state index contributed by atoms with van der Waals surface area (Å²) in [6, 6.07) is 16.7. The second kappa shape index (κ2) is 8.65. The Labute approximate surface area is 154 Å². The summed E-state index contributed by atoms with van der Waals surface area (Å²) in [6.07, 6.45) is 3.42. The molecular formula is C22H25NO3. The largest absolute Gasteiger partial charge is 0.497 e. The van der Waals surface area contributed by atoms with Gasteiger partial charge in [-0.25, -0.2) is 0 Å². The highest BCUT2D eigenvalue weighted by atomic mass is 16.5. The molecule has 26 heavy (non-hydrogen) atoms. The lowest BCUT2D eigenvalue weighted by atomic mass is 9.89. The van der Waals surface area contributed by atoms with E-state index in [-0.39, 0.29) is 18.1 Å². The highest BCUT2D eigenvalue weighted by Gasteiger charge is 2.29. The number of hydrogen-bond acceptors (Lipinski definition) is 3. The molecule has 1 saturated heterocycles. The van der Waals surface area contributed by atoms with Crippen molar-refractivity contribution in [1.29, 1.82) is 0 Å². The van der Waals surface area contributed by atoms with Crippen molar-refractivity contribution in [2.75, 3.05) is 20.2 Å². The summed E-state index contributed by atoms with van der Waals surface area (Å²) in [6.45, 7) is 1.57. The average Bonchev–Trinajstić information content (AvgIpc) is 2.73. The van der Waals surface area contributed by atoms with Crippen LogP contribution in [0.15, 0.2) is 54.6 Å². The number of Topliss-reactive ketones (excluding diaryl/α,β-unsaturated/α-hetero) is 1. The molecule has 0 aliphatic carbocycles. The fourth-order valence-corrected chi connectivity index (χ4v) is 3.45. The first kappa shape index (κ1) is 18.2. The average molecular weight is 351 g/mol. The van der Waals surface area contributed by atoms with Gasteiger partial charge in [0.05, 0.1) is 13.0 Å². The highest BCUT2D eigenvalue weighted by Crippen LogP contribution is 2.27. The van der Waals surface area contributed by atoms with Crippen molar-refractivity contribution in [2.45, 2.75) is 31.6 Å². The SMILES string of the molecule is COc1ccc(C(CC(=O)c2ccccc2)C(=O)N2CCCCC2)cc1. The highest BCUT2D eigenvalue weighted by molar-refractivity contribution is 6.00. The second-order valence-corrected chi connectivity index (χ2v) is 6.71. The Hall–Kier alpha value is -2.62. The van der Waals surface area contributed by atoms with Gasteiger partial charge in [0.25, 0.3) is 0 Å². The Balaban J connectivity index is 1.84. The number of carbonyl (C=O) groups excluding carboxylic acids is 2. The molecule has 0 N–H and O–H groups in total. The molecule has 4 nitrogen and oxygen atoms in total. The number of hydrogen-bond donors (Lipinski definition) is 0. The Bertz CT molecular complexity index is 734. The predicted octanol–water partition coefficient (Wildman–Crippen LogP) is 4.06. The number of nitrogens with zero attached hydrogens (tertiary/aromatic N) is 1. The molecule has 136 valence electrons. The minimum absolute atomic E-state index is 0.00298. The topological polar surface area (TPSA) is 46.6 Å². The summed E-state index contributed by atoms with van der Waals surface area (Å²) >= 11 is 0. The maximum Gasteiger partial charge on any atom is 0.230 e. The van der Waals surface area contributed by atoms with Crippen molar-refractivity contribution in [3.05, 3.63) is 65.7 Å². The van der Waals surface area contributed by atoms with E-state index in [9.17, 15) is 9.59 Å². The van der Waals surface area contributed by atoms with E-state index >= 15 is 0 Å². The van der Waals surface area contributed by atoms with Crippen LogP contribution >= 0.6 is 0 Å². The van der Waals surface area contributed by atoms with E-state index in [2.05, 4.69) is 0 Å². The smallest absolute Gasteiger partial charge is 0.230 e. The third-order valence-corrected chi connectivity index (χ3v) is 4.97. The van der Waals surface area contributed by atoms with Crippen LogP contribution in [-0.4, -0.2) is 36.8 Å². The molecule has 4 heteroatoms.